The van der Waals surface area contributed by atoms with E-state index in [1.807, 2.05) is 12.1 Å². The van der Waals surface area contributed by atoms with Gasteiger partial charge in [-0.05, 0) is 78.5 Å². The predicted octanol–water partition coefficient (Wildman–Crippen LogP) is 9.28. The van der Waals surface area contributed by atoms with Crippen LogP contribution in [0.15, 0.2) is 60.8 Å². The Kier molecular flexibility index (Phi) is 7.67. The molecule has 0 amide bonds. The van der Waals surface area contributed by atoms with Gasteiger partial charge in [-0.15, -0.1) is 0 Å². The van der Waals surface area contributed by atoms with Crippen LogP contribution in [0, 0.1) is 11.7 Å². The summed E-state index contributed by atoms with van der Waals surface area (Å²) in [7, 11) is 0. The van der Waals surface area contributed by atoms with Gasteiger partial charge in [0, 0.05) is 29.8 Å². The van der Waals surface area contributed by atoms with Gasteiger partial charge in [0.05, 0.1) is 10.7 Å². The molecule has 0 bridgehead atoms. The standard InChI is InChI=1S/C31H37ClFN/c1-6-23-16-22(17-25-14-11-15-28(32)30(25)33)18-26-21(5)27(20(3)4)19-34(31(23)26)29(7-2)24-12-9-8-10-13-24/h11,14-16,18-19,24,29H,3,5-10,12-13,17H2,1-2,4H3. The maximum absolute atomic E-state index is 14.7. The molecule has 34 heavy (non-hydrogen) atoms. The van der Waals surface area contributed by atoms with Gasteiger partial charge in [-0.1, -0.05) is 76.1 Å². The largest absolute Gasteiger partial charge is 0.343 e. The Labute approximate surface area is 210 Å². The quantitative estimate of drug-likeness (QED) is 0.384. The molecular formula is C31H37ClFN. The van der Waals surface area contributed by atoms with Crippen molar-refractivity contribution in [3.63, 3.8) is 0 Å². The van der Waals surface area contributed by atoms with Crippen LogP contribution in [-0.2, 0) is 12.8 Å². The van der Waals surface area contributed by atoms with Gasteiger partial charge in [-0.25, -0.2) is 4.39 Å². The summed E-state index contributed by atoms with van der Waals surface area (Å²) >= 11 is 6.06. The second-order valence-electron chi connectivity index (χ2n) is 9.98. The topological polar surface area (TPSA) is 3.24 Å². The van der Waals surface area contributed by atoms with E-state index >= 15 is 0 Å². The second-order valence-corrected chi connectivity index (χ2v) is 10.4. The molecule has 0 spiro atoms. The van der Waals surface area contributed by atoms with Crippen molar-refractivity contribution in [2.75, 3.05) is 4.90 Å². The van der Waals surface area contributed by atoms with Gasteiger partial charge in [0.15, 0.2) is 0 Å². The Morgan fingerprint density at radius 1 is 1.15 bits per heavy atom. The molecule has 1 fully saturated rings. The third-order valence-corrected chi connectivity index (χ3v) is 7.95. The molecule has 3 heteroatoms. The Bertz CT molecular complexity index is 1120. The van der Waals surface area contributed by atoms with E-state index in [-0.39, 0.29) is 10.8 Å². The third-order valence-electron chi connectivity index (χ3n) is 7.66. The van der Waals surface area contributed by atoms with Gasteiger partial charge in [0.1, 0.15) is 5.82 Å². The van der Waals surface area contributed by atoms with Crippen molar-refractivity contribution in [3.05, 3.63) is 93.9 Å². The first-order chi connectivity index (χ1) is 16.3. The highest BCUT2D eigenvalue weighted by Gasteiger charge is 2.33. The van der Waals surface area contributed by atoms with Crippen LogP contribution in [0.5, 0.6) is 0 Å². The fourth-order valence-corrected chi connectivity index (χ4v) is 6.10. The summed E-state index contributed by atoms with van der Waals surface area (Å²) in [5, 5.41) is 0.174. The number of nitrogens with zero attached hydrogens (tertiary/aromatic N) is 1. The van der Waals surface area contributed by atoms with Crippen LogP contribution < -0.4 is 4.90 Å². The van der Waals surface area contributed by atoms with E-state index in [1.54, 1.807) is 6.07 Å². The van der Waals surface area contributed by atoms with Crippen molar-refractivity contribution in [2.45, 2.75) is 78.2 Å². The van der Waals surface area contributed by atoms with E-state index in [4.69, 9.17) is 11.6 Å². The number of hydrogen-bond donors (Lipinski definition) is 0. The highest BCUT2D eigenvalue weighted by Crippen LogP contribution is 2.45. The number of anilines is 1. The molecule has 1 aliphatic heterocycles. The minimum Gasteiger partial charge on any atom is -0.343 e. The average molecular weight is 478 g/mol. The van der Waals surface area contributed by atoms with Crippen molar-refractivity contribution >= 4 is 22.9 Å². The fraction of sp³-hybridized carbons (Fsp3) is 0.419. The van der Waals surface area contributed by atoms with Gasteiger partial charge in [-0.2, -0.15) is 0 Å². The molecule has 0 saturated heterocycles. The van der Waals surface area contributed by atoms with Crippen LogP contribution in [0.25, 0.3) is 5.57 Å². The van der Waals surface area contributed by atoms with Gasteiger partial charge in [0.2, 0.25) is 0 Å². The zero-order chi connectivity index (χ0) is 24.4. The first kappa shape index (κ1) is 24.8. The molecule has 1 saturated carbocycles. The molecule has 2 aromatic rings. The lowest BCUT2D eigenvalue weighted by Gasteiger charge is -2.43. The second kappa shape index (κ2) is 10.5. The lowest BCUT2D eigenvalue weighted by Crippen LogP contribution is -2.40. The Hall–Kier alpha value is -2.32. The highest BCUT2D eigenvalue weighted by atomic mass is 35.5. The number of allylic oxidation sites excluding steroid dienone is 3. The van der Waals surface area contributed by atoms with Gasteiger partial charge < -0.3 is 4.90 Å². The minimum atomic E-state index is -0.328. The molecule has 1 heterocycles. The summed E-state index contributed by atoms with van der Waals surface area (Å²) in [5.41, 5.74) is 8.61. The van der Waals surface area contributed by atoms with Crippen LogP contribution in [0.4, 0.5) is 10.1 Å². The van der Waals surface area contributed by atoms with Gasteiger partial charge >= 0.3 is 0 Å². The molecule has 2 aliphatic rings. The molecule has 1 unspecified atom stereocenters. The van der Waals surface area contributed by atoms with E-state index in [0.717, 1.165) is 40.7 Å². The molecular weight excluding hydrogens is 441 g/mol. The van der Waals surface area contributed by atoms with Crippen molar-refractivity contribution in [1.82, 2.24) is 0 Å². The number of benzene rings is 2. The molecule has 0 N–H and O–H groups in total. The summed E-state index contributed by atoms with van der Waals surface area (Å²) < 4.78 is 14.7. The van der Waals surface area contributed by atoms with E-state index < -0.39 is 0 Å². The molecule has 1 nitrogen and oxygen atoms in total. The molecule has 180 valence electrons. The third kappa shape index (κ3) is 4.75. The number of halogens is 2. The van der Waals surface area contributed by atoms with Crippen molar-refractivity contribution in [3.8, 4) is 0 Å². The Morgan fingerprint density at radius 2 is 1.88 bits per heavy atom. The lowest BCUT2D eigenvalue weighted by atomic mass is 9.80. The number of hydrogen-bond acceptors (Lipinski definition) is 1. The number of rotatable bonds is 7. The van der Waals surface area contributed by atoms with Crippen molar-refractivity contribution < 1.29 is 4.39 Å². The molecule has 1 aliphatic carbocycles. The molecule has 4 rings (SSSR count). The Balaban J connectivity index is 1.83. The number of fused-ring (bicyclic) bond motifs is 1. The lowest BCUT2D eigenvalue weighted by molar-refractivity contribution is 0.296. The van der Waals surface area contributed by atoms with Crippen molar-refractivity contribution in [1.29, 1.82) is 0 Å². The summed E-state index contributed by atoms with van der Waals surface area (Å²) in [6, 6.07) is 10.2. The monoisotopic (exact) mass is 477 g/mol. The summed E-state index contributed by atoms with van der Waals surface area (Å²) in [5.74, 6) is 0.372. The van der Waals surface area contributed by atoms with E-state index in [1.165, 1.54) is 43.4 Å². The minimum absolute atomic E-state index is 0.174. The van der Waals surface area contributed by atoms with Crippen LogP contribution in [0.1, 0.15) is 81.5 Å². The SMILES string of the molecule is C=C(C)C1=CN(C(CC)C2CCCCC2)c2c(CC)cc(Cc3cccc(Cl)c3F)cc2C1=C. The van der Waals surface area contributed by atoms with E-state index in [0.29, 0.717) is 23.9 Å². The summed E-state index contributed by atoms with van der Waals surface area (Å²) in [6.45, 7) is 15.4. The molecule has 2 aromatic carbocycles. The molecule has 1 atom stereocenters. The molecule has 0 radical (unpaired) electrons. The Morgan fingerprint density at radius 3 is 2.53 bits per heavy atom. The van der Waals surface area contributed by atoms with Crippen LogP contribution in [-0.4, -0.2) is 6.04 Å². The average Bonchev–Trinajstić information content (AvgIpc) is 2.84. The first-order valence-electron chi connectivity index (χ1n) is 12.8. The first-order valence-corrected chi connectivity index (χ1v) is 13.2. The zero-order valence-corrected chi connectivity index (χ0v) is 21.6. The maximum Gasteiger partial charge on any atom is 0.145 e. The summed E-state index contributed by atoms with van der Waals surface area (Å²) in [6.07, 6.45) is 11.5. The zero-order valence-electron chi connectivity index (χ0n) is 20.9. The molecule has 0 aromatic heterocycles. The van der Waals surface area contributed by atoms with Crippen LogP contribution in [0.3, 0.4) is 0 Å². The highest BCUT2D eigenvalue weighted by molar-refractivity contribution is 6.30. The fourth-order valence-electron chi connectivity index (χ4n) is 5.90. The van der Waals surface area contributed by atoms with E-state index in [9.17, 15) is 4.39 Å². The van der Waals surface area contributed by atoms with Crippen molar-refractivity contribution in [2.24, 2.45) is 5.92 Å². The van der Waals surface area contributed by atoms with Crippen LogP contribution in [0.2, 0.25) is 5.02 Å². The maximum atomic E-state index is 14.7. The van der Waals surface area contributed by atoms with E-state index in [2.05, 4.69) is 57.2 Å². The van der Waals surface area contributed by atoms with Gasteiger partial charge in [0.25, 0.3) is 0 Å². The summed E-state index contributed by atoms with van der Waals surface area (Å²) in [4.78, 5) is 2.55. The number of aryl methyl sites for hydroxylation is 1. The van der Waals surface area contributed by atoms with Gasteiger partial charge in [-0.3, -0.25) is 0 Å². The normalized spacial score (nSPS) is 17.4. The predicted molar refractivity (Wildman–Crippen MR) is 145 cm³/mol. The smallest absolute Gasteiger partial charge is 0.145 e. The van der Waals surface area contributed by atoms with Crippen LogP contribution >= 0.6 is 11.6 Å².